The van der Waals surface area contributed by atoms with E-state index in [1.54, 1.807) is 13.2 Å². The van der Waals surface area contributed by atoms with E-state index in [1.807, 2.05) is 24.3 Å². The molecule has 0 bridgehead atoms. The largest absolute Gasteiger partial charge is 0.497 e. The Balaban J connectivity index is 2.32. The van der Waals surface area contributed by atoms with Crippen LogP contribution in [0.4, 0.5) is 0 Å². The van der Waals surface area contributed by atoms with Crippen molar-refractivity contribution in [1.29, 1.82) is 0 Å². The fraction of sp³-hybridized carbons (Fsp3) is 0.357. The lowest BCUT2D eigenvalue weighted by Crippen LogP contribution is -2.26. The zero-order chi connectivity index (χ0) is 13.9. The van der Waals surface area contributed by atoms with Crippen molar-refractivity contribution in [2.45, 2.75) is 0 Å². The predicted molar refractivity (Wildman–Crippen MR) is 74.9 cm³/mol. The Hall–Kier alpha value is -1.85. The quantitative estimate of drug-likeness (QED) is 0.538. The average Bonchev–Trinajstić information content (AvgIpc) is 2.45. The van der Waals surface area contributed by atoms with Crippen LogP contribution in [0.3, 0.4) is 0 Å². The number of methoxy groups -OCH3 is 1. The number of carbonyl (C=O) groups excluding carboxylic acids is 1. The van der Waals surface area contributed by atoms with Crippen molar-refractivity contribution in [3.8, 4) is 5.75 Å². The summed E-state index contributed by atoms with van der Waals surface area (Å²) in [6.07, 6.45) is 3.22. The lowest BCUT2D eigenvalue weighted by atomic mass is 10.2. The summed E-state index contributed by atoms with van der Waals surface area (Å²) in [7, 11) is 1.61. The molecule has 0 aliphatic carbocycles. The first-order chi connectivity index (χ1) is 9.26. The number of ether oxygens (including phenoxy) is 2. The van der Waals surface area contributed by atoms with Crippen molar-refractivity contribution in [3.63, 3.8) is 0 Å². The first-order valence-electron chi connectivity index (χ1n) is 6.14. The van der Waals surface area contributed by atoms with Crippen LogP contribution in [0.1, 0.15) is 5.56 Å². The molecular formula is C14H20N2O3. The van der Waals surface area contributed by atoms with Gasteiger partial charge >= 0.3 is 0 Å². The van der Waals surface area contributed by atoms with E-state index in [2.05, 4.69) is 5.32 Å². The molecule has 0 heterocycles. The molecule has 19 heavy (non-hydrogen) atoms. The molecule has 5 heteroatoms. The van der Waals surface area contributed by atoms with Crippen LogP contribution < -0.4 is 15.8 Å². The molecule has 0 saturated heterocycles. The predicted octanol–water partition coefficient (Wildman–Crippen LogP) is 0.800. The number of carbonyl (C=O) groups is 1. The lowest BCUT2D eigenvalue weighted by Gasteiger charge is -2.03. The molecule has 0 unspecified atom stereocenters. The van der Waals surface area contributed by atoms with E-state index in [0.717, 1.165) is 11.3 Å². The third-order valence-electron chi connectivity index (χ3n) is 2.33. The highest BCUT2D eigenvalue weighted by Crippen LogP contribution is 2.13. The second-order valence-electron chi connectivity index (χ2n) is 3.80. The molecule has 0 spiro atoms. The zero-order valence-corrected chi connectivity index (χ0v) is 11.1. The van der Waals surface area contributed by atoms with E-state index in [9.17, 15) is 4.79 Å². The first kappa shape index (κ1) is 15.2. The highest BCUT2D eigenvalue weighted by molar-refractivity contribution is 5.91. The van der Waals surface area contributed by atoms with Gasteiger partial charge in [0.15, 0.2) is 0 Å². The maximum Gasteiger partial charge on any atom is 0.244 e. The Kier molecular flexibility index (Phi) is 7.31. The van der Waals surface area contributed by atoms with E-state index in [-0.39, 0.29) is 5.91 Å². The van der Waals surface area contributed by atoms with Gasteiger partial charge in [-0.25, -0.2) is 0 Å². The normalized spacial score (nSPS) is 10.6. The van der Waals surface area contributed by atoms with Gasteiger partial charge in [0, 0.05) is 19.2 Å². The third-order valence-corrected chi connectivity index (χ3v) is 2.33. The maximum atomic E-state index is 11.5. The van der Waals surface area contributed by atoms with Gasteiger partial charge in [-0.3, -0.25) is 4.79 Å². The van der Waals surface area contributed by atoms with Gasteiger partial charge in [0.2, 0.25) is 5.91 Å². The molecule has 0 aromatic heterocycles. The van der Waals surface area contributed by atoms with Gasteiger partial charge in [0.25, 0.3) is 0 Å². The number of nitrogens with two attached hydrogens (primary N) is 1. The van der Waals surface area contributed by atoms with Crippen LogP contribution in [0.15, 0.2) is 30.3 Å². The highest BCUT2D eigenvalue weighted by atomic mass is 16.5. The molecule has 1 aromatic rings. The molecule has 104 valence electrons. The highest BCUT2D eigenvalue weighted by Gasteiger charge is 1.96. The molecule has 0 radical (unpaired) electrons. The minimum atomic E-state index is -0.154. The van der Waals surface area contributed by atoms with Gasteiger partial charge in [0.1, 0.15) is 5.75 Å². The number of hydrogen-bond donors (Lipinski definition) is 2. The topological polar surface area (TPSA) is 73.6 Å². The van der Waals surface area contributed by atoms with E-state index in [0.29, 0.717) is 26.3 Å². The number of hydrogen-bond acceptors (Lipinski definition) is 4. The molecule has 0 atom stereocenters. The molecule has 5 nitrogen and oxygen atoms in total. The SMILES string of the molecule is COc1cccc(/C=C/C(=O)NCCOCCN)c1. The second kappa shape index (κ2) is 9.13. The molecule has 0 saturated carbocycles. The van der Waals surface area contributed by atoms with Crippen molar-refractivity contribution in [2.75, 3.05) is 33.4 Å². The fourth-order valence-corrected chi connectivity index (χ4v) is 1.41. The Morgan fingerprint density at radius 3 is 3.00 bits per heavy atom. The van der Waals surface area contributed by atoms with Gasteiger partial charge in [-0.05, 0) is 23.8 Å². The van der Waals surface area contributed by atoms with Crippen molar-refractivity contribution in [1.82, 2.24) is 5.32 Å². The Labute approximate surface area is 113 Å². The van der Waals surface area contributed by atoms with E-state index < -0.39 is 0 Å². The van der Waals surface area contributed by atoms with Crippen molar-refractivity contribution >= 4 is 12.0 Å². The summed E-state index contributed by atoms with van der Waals surface area (Å²) < 4.78 is 10.2. The van der Waals surface area contributed by atoms with Crippen LogP contribution in [-0.4, -0.2) is 39.3 Å². The van der Waals surface area contributed by atoms with Crippen LogP contribution in [0.2, 0.25) is 0 Å². The first-order valence-corrected chi connectivity index (χ1v) is 6.14. The molecule has 3 N–H and O–H groups in total. The molecule has 0 aliphatic heterocycles. The molecule has 1 rings (SSSR count). The van der Waals surface area contributed by atoms with E-state index in [4.69, 9.17) is 15.2 Å². The summed E-state index contributed by atoms with van der Waals surface area (Å²) in [5, 5.41) is 2.72. The molecule has 1 amide bonds. The van der Waals surface area contributed by atoms with Gasteiger partial charge < -0.3 is 20.5 Å². The molecule has 1 aromatic carbocycles. The Bertz CT molecular complexity index is 419. The third kappa shape index (κ3) is 6.59. The van der Waals surface area contributed by atoms with Crippen LogP contribution in [0.5, 0.6) is 5.75 Å². The minimum Gasteiger partial charge on any atom is -0.497 e. The van der Waals surface area contributed by atoms with Gasteiger partial charge in [-0.15, -0.1) is 0 Å². The van der Waals surface area contributed by atoms with Gasteiger partial charge in [-0.2, -0.15) is 0 Å². The molecule has 0 fully saturated rings. The van der Waals surface area contributed by atoms with Gasteiger partial charge in [0.05, 0.1) is 20.3 Å². The standard InChI is InChI=1S/C14H20N2O3/c1-18-13-4-2-3-12(11-13)5-6-14(17)16-8-10-19-9-7-15/h2-6,11H,7-10,15H2,1H3,(H,16,17)/b6-5+. The maximum absolute atomic E-state index is 11.5. The van der Waals surface area contributed by atoms with Crippen LogP contribution in [0.25, 0.3) is 6.08 Å². The summed E-state index contributed by atoms with van der Waals surface area (Å²) in [6.45, 7) is 1.94. The van der Waals surface area contributed by atoms with Crippen LogP contribution in [-0.2, 0) is 9.53 Å². The van der Waals surface area contributed by atoms with E-state index >= 15 is 0 Å². The van der Waals surface area contributed by atoms with Crippen molar-refractivity contribution in [3.05, 3.63) is 35.9 Å². The van der Waals surface area contributed by atoms with Crippen LogP contribution in [0, 0.1) is 0 Å². The minimum absolute atomic E-state index is 0.154. The summed E-state index contributed by atoms with van der Waals surface area (Å²) in [5.41, 5.74) is 6.18. The van der Waals surface area contributed by atoms with Crippen molar-refractivity contribution < 1.29 is 14.3 Å². The lowest BCUT2D eigenvalue weighted by molar-refractivity contribution is -0.116. The number of rotatable bonds is 8. The number of amides is 1. The summed E-state index contributed by atoms with van der Waals surface area (Å²) >= 11 is 0. The Morgan fingerprint density at radius 1 is 1.42 bits per heavy atom. The summed E-state index contributed by atoms with van der Waals surface area (Å²) in [5.74, 6) is 0.608. The van der Waals surface area contributed by atoms with E-state index in [1.165, 1.54) is 6.08 Å². The second-order valence-corrected chi connectivity index (χ2v) is 3.80. The van der Waals surface area contributed by atoms with Crippen molar-refractivity contribution in [2.24, 2.45) is 5.73 Å². The monoisotopic (exact) mass is 264 g/mol. The van der Waals surface area contributed by atoms with Crippen LogP contribution >= 0.6 is 0 Å². The summed E-state index contributed by atoms with van der Waals surface area (Å²) in [6, 6.07) is 7.48. The Morgan fingerprint density at radius 2 is 2.26 bits per heavy atom. The smallest absolute Gasteiger partial charge is 0.244 e. The number of nitrogens with one attached hydrogen (secondary N) is 1. The zero-order valence-electron chi connectivity index (χ0n) is 11.1. The summed E-state index contributed by atoms with van der Waals surface area (Å²) in [4.78, 5) is 11.5. The molecule has 0 aliphatic rings. The average molecular weight is 264 g/mol. The number of benzene rings is 1. The fourth-order valence-electron chi connectivity index (χ4n) is 1.41. The van der Waals surface area contributed by atoms with Gasteiger partial charge in [-0.1, -0.05) is 12.1 Å². The molecular weight excluding hydrogens is 244 g/mol.